The minimum atomic E-state index is 0.191. The van der Waals surface area contributed by atoms with E-state index in [9.17, 15) is 4.79 Å². The van der Waals surface area contributed by atoms with Crippen LogP contribution in [0.2, 0.25) is 0 Å². The number of thioether (sulfide) groups is 1. The average Bonchev–Trinajstić information content (AvgIpc) is 3.50. The highest BCUT2D eigenvalue weighted by atomic mass is 32.2. The summed E-state index contributed by atoms with van der Waals surface area (Å²) in [5.74, 6) is 2.70. The van der Waals surface area contributed by atoms with Gasteiger partial charge in [0.2, 0.25) is 5.91 Å². The van der Waals surface area contributed by atoms with Gasteiger partial charge in [-0.15, -0.1) is 10.2 Å². The van der Waals surface area contributed by atoms with Gasteiger partial charge in [-0.05, 0) is 47.4 Å². The second-order valence-corrected chi connectivity index (χ2v) is 12.2. The van der Waals surface area contributed by atoms with E-state index in [2.05, 4.69) is 92.5 Å². The SMILES string of the molecule is COc1ccc(-n2c(Cc3ccccc3)nnc2SCCCC(=O)N2CCN(C(c3ccccc3)c3ccccc3)CC2)cc1. The Hall–Kier alpha value is -4.40. The molecule has 7 nitrogen and oxygen atoms in total. The van der Waals surface area contributed by atoms with Crippen LogP contribution < -0.4 is 4.74 Å². The van der Waals surface area contributed by atoms with Gasteiger partial charge in [-0.25, -0.2) is 0 Å². The third kappa shape index (κ3) is 7.64. The highest BCUT2D eigenvalue weighted by molar-refractivity contribution is 7.99. The first-order chi connectivity index (χ1) is 22.2. The number of carbonyl (C=O) groups excluding carboxylic acids is 1. The summed E-state index contributed by atoms with van der Waals surface area (Å²) in [6.45, 7) is 3.20. The molecular weight excluding hydrogens is 579 g/mol. The van der Waals surface area contributed by atoms with Crippen molar-refractivity contribution in [2.45, 2.75) is 30.5 Å². The Bertz CT molecular complexity index is 1600. The van der Waals surface area contributed by atoms with Crippen LogP contribution in [0.5, 0.6) is 5.75 Å². The van der Waals surface area contributed by atoms with Gasteiger partial charge in [0.05, 0.1) is 13.2 Å². The van der Waals surface area contributed by atoms with Gasteiger partial charge in [-0.1, -0.05) is 103 Å². The van der Waals surface area contributed by atoms with E-state index in [0.717, 1.165) is 60.8 Å². The minimum Gasteiger partial charge on any atom is -0.497 e. The number of carbonyl (C=O) groups is 1. The molecule has 0 saturated carbocycles. The van der Waals surface area contributed by atoms with Crippen LogP contribution in [-0.4, -0.2) is 69.5 Å². The number of hydrogen-bond acceptors (Lipinski definition) is 6. The van der Waals surface area contributed by atoms with Crippen LogP contribution in [0.3, 0.4) is 0 Å². The highest BCUT2D eigenvalue weighted by Crippen LogP contribution is 2.30. The Morgan fingerprint density at radius 1 is 0.778 bits per heavy atom. The minimum absolute atomic E-state index is 0.191. The molecule has 1 amide bonds. The number of amides is 1. The fraction of sp³-hybridized carbons (Fsp3) is 0.270. The standard InChI is InChI=1S/C37H39N5O2S/c1-44-33-21-19-32(20-22-33)42-34(28-29-12-5-2-6-13-29)38-39-37(42)45-27-11-18-35(43)40-23-25-41(26-24-40)36(30-14-7-3-8-15-30)31-16-9-4-10-17-31/h2-10,12-17,19-22,36H,11,18,23-28H2,1H3. The van der Waals surface area contributed by atoms with Gasteiger partial charge < -0.3 is 9.64 Å². The molecule has 0 unspecified atom stereocenters. The Labute approximate surface area is 269 Å². The number of aromatic nitrogens is 3. The molecule has 2 heterocycles. The molecule has 4 aromatic carbocycles. The fourth-order valence-electron chi connectivity index (χ4n) is 5.94. The van der Waals surface area contributed by atoms with E-state index in [1.54, 1.807) is 18.9 Å². The molecule has 1 aromatic heterocycles. The molecule has 0 radical (unpaired) electrons. The monoisotopic (exact) mass is 617 g/mol. The van der Waals surface area contributed by atoms with Gasteiger partial charge >= 0.3 is 0 Å². The lowest BCUT2D eigenvalue weighted by Crippen LogP contribution is -2.49. The molecule has 6 rings (SSSR count). The molecule has 0 bridgehead atoms. The first-order valence-corrected chi connectivity index (χ1v) is 16.6. The zero-order valence-corrected chi connectivity index (χ0v) is 26.5. The zero-order valence-electron chi connectivity index (χ0n) is 25.7. The molecule has 230 valence electrons. The Morgan fingerprint density at radius 2 is 1.38 bits per heavy atom. The molecule has 1 fully saturated rings. The Balaban J connectivity index is 1.05. The molecule has 1 saturated heterocycles. The zero-order chi connectivity index (χ0) is 30.8. The number of nitrogens with zero attached hydrogens (tertiary/aromatic N) is 5. The largest absolute Gasteiger partial charge is 0.497 e. The highest BCUT2D eigenvalue weighted by Gasteiger charge is 2.28. The molecule has 1 aliphatic heterocycles. The van der Waals surface area contributed by atoms with E-state index in [0.29, 0.717) is 12.8 Å². The molecule has 1 aliphatic rings. The quantitative estimate of drug-likeness (QED) is 0.115. The number of methoxy groups -OCH3 is 1. The topological polar surface area (TPSA) is 63.5 Å². The predicted octanol–water partition coefficient (Wildman–Crippen LogP) is 6.67. The first-order valence-electron chi connectivity index (χ1n) is 15.6. The maximum absolute atomic E-state index is 13.2. The third-order valence-electron chi connectivity index (χ3n) is 8.26. The second-order valence-electron chi connectivity index (χ2n) is 11.2. The van der Waals surface area contributed by atoms with E-state index >= 15 is 0 Å². The van der Waals surface area contributed by atoms with Crippen molar-refractivity contribution in [1.29, 1.82) is 0 Å². The summed E-state index contributed by atoms with van der Waals surface area (Å²) >= 11 is 1.65. The van der Waals surface area contributed by atoms with Crippen molar-refractivity contribution in [3.05, 3.63) is 138 Å². The molecule has 0 N–H and O–H groups in total. The summed E-state index contributed by atoms with van der Waals surface area (Å²) < 4.78 is 7.49. The summed E-state index contributed by atoms with van der Waals surface area (Å²) in [5, 5.41) is 9.95. The van der Waals surface area contributed by atoms with E-state index < -0.39 is 0 Å². The van der Waals surface area contributed by atoms with Crippen LogP contribution >= 0.6 is 11.8 Å². The van der Waals surface area contributed by atoms with Crippen molar-refractivity contribution in [3.8, 4) is 11.4 Å². The lowest BCUT2D eigenvalue weighted by molar-refractivity contribution is -0.133. The van der Waals surface area contributed by atoms with Crippen LogP contribution in [0.1, 0.15) is 41.4 Å². The third-order valence-corrected chi connectivity index (χ3v) is 9.28. The second kappa shape index (κ2) is 15.1. The lowest BCUT2D eigenvalue weighted by atomic mass is 9.96. The van der Waals surface area contributed by atoms with Crippen molar-refractivity contribution >= 4 is 17.7 Å². The van der Waals surface area contributed by atoms with E-state index in [1.165, 1.54) is 16.7 Å². The maximum Gasteiger partial charge on any atom is 0.222 e. The van der Waals surface area contributed by atoms with E-state index in [4.69, 9.17) is 4.74 Å². The van der Waals surface area contributed by atoms with Crippen LogP contribution in [0.25, 0.3) is 5.69 Å². The first kappa shape index (κ1) is 30.6. The molecule has 45 heavy (non-hydrogen) atoms. The molecule has 0 spiro atoms. The van der Waals surface area contributed by atoms with Crippen molar-refractivity contribution < 1.29 is 9.53 Å². The molecule has 0 aliphatic carbocycles. The summed E-state index contributed by atoms with van der Waals surface area (Å²) in [7, 11) is 1.67. The molecule has 8 heteroatoms. The summed E-state index contributed by atoms with van der Waals surface area (Å²) in [5.41, 5.74) is 4.75. The molecular formula is C37H39N5O2S. The summed E-state index contributed by atoms with van der Waals surface area (Å²) in [4.78, 5) is 17.8. The van der Waals surface area contributed by atoms with Crippen molar-refractivity contribution in [1.82, 2.24) is 24.6 Å². The average molecular weight is 618 g/mol. The smallest absolute Gasteiger partial charge is 0.222 e. The van der Waals surface area contributed by atoms with Gasteiger partial charge in [0.1, 0.15) is 11.6 Å². The molecule has 0 atom stereocenters. The Kier molecular flexibility index (Phi) is 10.2. The number of ether oxygens (including phenoxy) is 1. The fourth-order valence-corrected chi connectivity index (χ4v) is 6.85. The molecule has 5 aromatic rings. The normalized spacial score (nSPS) is 13.7. The number of rotatable bonds is 12. The van der Waals surface area contributed by atoms with Gasteiger partial charge in [0.15, 0.2) is 5.16 Å². The van der Waals surface area contributed by atoms with Crippen LogP contribution in [0, 0.1) is 0 Å². The van der Waals surface area contributed by atoms with Crippen LogP contribution in [0.4, 0.5) is 0 Å². The van der Waals surface area contributed by atoms with Crippen LogP contribution in [-0.2, 0) is 11.2 Å². The summed E-state index contributed by atoms with van der Waals surface area (Å²) in [6, 6.07) is 39.8. The Morgan fingerprint density at radius 3 is 1.98 bits per heavy atom. The van der Waals surface area contributed by atoms with Gasteiger partial charge in [-0.2, -0.15) is 0 Å². The van der Waals surface area contributed by atoms with E-state index in [-0.39, 0.29) is 11.9 Å². The lowest BCUT2D eigenvalue weighted by Gasteiger charge is -2.40. The summed E-state index contributed by atoms with van der Waals surface area (Å²) in [6.07, 6.45) is 1.99. The van der Waals surface area contributed by atoms with E-state index in [1.807, 2.05) is 47.4 Å². The number of benzene rings is 4. The van der Waals surface area contributed by atoms with Gasteiger partial charge in [0, 0.05) is 50.5 Å². The predicted molar refractivity (Wildman–Crippen MR) is 180 cm³/mol. The van der Waals surface area contributed by atoms with Crippen LogP contribution in [0.15, 0.2) is 120 Å². The number of hydrogen-bond donors (Lipinski definition) is 0. The van der Waals surface area contributed by atoms with Crippen molar-refractivity contribution in [2.75, 3.05) is 39.0 Å². The number of piperazine rings is 1. The van der Waals surface area contributed by atoms with Gasteiger partial charge in [-0.3, -0.25) is 14.3 Å². The van der Waals surface area contributed by atoms with Crippen molar-refractivity contribution in [2.24, 2.45) is 0 Å². The van der Waals surface area contributed by atoms with Gasteiger partial charge in [0.25, 0.3) is 0 Å². The maximum atomic E-state index is 13.2. The van der Waals surface area contributed by atoms with Crippen molar-refractivity contribution in [3.63, 3.8) is 0 Å².